The van der Waals surface area contributed by atoms with Crippen LogP contribution in [-0.4, -0.2) is 11.1 Å². The Morgan fingerprint density at radius 3 is 2.67 bits per heavy atom. The fourth-order valence-electron chi connectivity index (χ4n) is 0.790. The van der Waals surface area contributed by atoms with Crippen LogP contribution >= 0.6 is 0 Å². The highest BCUT2D eigenvalue weighted by atomic mass is 16.4. The molecule has 1 aliphatic carbocycles. The van der Waals surface area contributed by atoms with Crippen molar-refractivity contribution in [3.63, 3.8) is 0 Å². The van der Waals surface area contributed by atoms with Crippen molar-refractivity contribution in [3.05, 3.63) is 0 Å². The van der Waals surface area contributed by atoms with Crippen LogP contribution in [0.4, 0.5) is 0 Å². The minimum Gasteiger partial charge on any atom is -0.481 e. The van der Waals surface area contributed by atoms with Crippen molar-refractivity contribution in [3.8, 4) is 6.07 Å². The van der Waals surface area contributed by atoms with E-state index in [4.69, 9.17) is 10.4 Å². The smallest absolute Gasteiger partial charge is 0.310 e. The van der Waals surface area contributed by atoms with Crippen LogP contribution in [0.15, 0.2) is 0 Å². The number of nitriles is 1. The molecular formula is C6H7NO2. The molecule has 0 bridgehead atoms. The lowest BCUT2D eigenvalue weighted by Gasteiger charge is -1.96. The molecule has 2 unspecified atom stereocenters. The molecule has 2 atom stereocenters. The van der Waals surface area contributed by atoms with Gasteiger partial charge in [0.2, 0.25) is 0 Å². The van der Waals surface area contributed by atoms with Gasteiger partial charge < -0.3 is 5.11 Å². The Morgan fingerprint density at radius 1 is 2.00 bits per heavy atom. The summed E-state index contributed by atoms with van der Waals surface area (Å²) in [5.41, 5.74) is -0.727. The standard InChI is InChI=1S/C6H7NO2/c1-6(5(8)9)2-4(6)3-7/h4H,2H2,1H3,(H,8,9). The normalized spacial score (nSPS) is 39.3. The molecule has 0 aliphatic heterocycles. The lowest BCUT2D eigenvalue weighted by Crippen LogP contribution is -2.12. The molecule has 0 radical (unpaired) electrons. The highest BCUT2D eigenvalue weighted by Crippen LogP contribution is 2.51. The summed E-state index contributed by atoms with van der Waals surface area (Å²) in [5, 5.41) is 16.7. The summed E-state index contributed by atoms with van der Waals surface area (Å²) in [6, 6.07) is 1.93. The predicted octanol–water partition coefficient (Wildman–Crippen LogP) is 0.621. The van der Waals surface area contributed by atoms with Gasteiger partial charge in [0.15, 0.2) is 0 Å². The molecule has 48 valence electrons. The van der Waals surface area contributed by atoms with Gasteiger partial charge in [-0.1, -0.05) is 0 Å². The first-order valence-corrected chi connectivity index (χ1v) is 2.74. The molecule has 0 heterocycles. The second-order valence-corrected chi connectivity index (χ2v) is 2.61. The van der Waals surface area contributed by atoms with E-state index in [-0.39, 0.29) is 5.92 Å². The molecule has 1 fully saturated rings. The number of carboxylic acid groups (broad SMARTS) is 1. The molecule has 1 N–H and O–H groups in total. The Bertz CT molecular complexity index is 194. The van der Waals surface area contributed by atoms with Crippen LogP contribution in [-0.2, 0) is 4.79 Å². The molecule has 0 saturated heterocycles. The molecule has 0 spiro atoms. The van der Waals surface area contributed by atoms with Gasteiger partial charge in [-0.25, -0.2) is 0 Å². The zero-order valence-corrected chi connectivity index (χ0v) is 5.09. The van der Waals surface area contributed by atoms with Gasteiger partial charge in [-0.05, 0) is 13.3 Å². The van der Waals surface area contributed by atoms with Gasteiger partial charge in [0.05, 0.1) is 17.4 Å². The quantitative estimate of drug-likeness (QED) is 0.558. The van der Waals surface area contributed by atoms with Gasteiger partial charge in [0.25, 0.3) is 0 Å². The molecule has 1 saturated carbocycles. The number of hydrogen-bond donors (Lipinski definition) is 1. The van der Waals surface area contributed by atoms with Crippen LogP contribution in [0.2, 0.25) is 0 Å². The Morgan fingerprint density at radius 2 is 2.56 bits per heavy atom. The lowest BCUT2D eigenvalue weighted by molar-refractivity contribution is -0.142. The van der Waals surface area contributed by atoms with E-state index in [0.717, 1.165) is 0 Å². The van der Waals surface area contributed by atoms with E-state index in [1.165, 1.54) is 0 Å². The summed E-state index contributed by atoms with van der Waals surface area (Å²) >= 11 is 0. The number of aliphatic carboxylic acids is 1. The first-order valence-electron chi connectivity index (χ1n) is 2.74. The number of carboxylic acids is 1. The van der Waals surface area contributed by atoms with Crippen LogP contribution in [0.25, 0.3) is 0 Å². The molecule has 1 rings (SSSR count). The number of rotatable bonds is 1. The zero-order valence-electron chi connectivity index (χ0n) is 5.09. The fraction of sp³-hybridized carbons (Fsp3) is 0.667. The van der Waals surface area contributed by atoms with Crippen LogP contribution < -0.4 is 0 Å². The third-order valence-corrected chi connectivity index (χ3v) is 1.88. The molecular weight excluding hydrogens is 118 g/mol. The summed E-state index contributed by atoms with van der Waals surface area (Å²) < 4.78 is 0. The van der Waals surface area contributed by atoms with E-state index in [0.29, 0.717) is 6.42 Å². The van der Waals surface area contributed by atoms with Crippen LogP contribution in [0.5, 0.6) is 0 Å². The Hall–Kier alpha value is -1.04. The van der Waals surface area contributed by atoms with Crippen LogP contribution in [0.1, 0.15) is 13.3 Å². The van der Waals surface area contributed by atoms with Gasteiger partial charge in [-0.2, -0.15) is 5.26 Å². The average Bonchev–Trinajstić information content (AvgIpc) is 2.44. The maximum Gasteiger partial charge on any atom is 0.310 e. The molecule has 9 heavy (non-hydrogen) atoms. The largest absolute Gasteiger partial charge is 0.481 e. The van der Waals surface area contributed by atoms with Gasteiger partial charge >= 0.3 is 5.97 Å². The third kappa shape index (κ3) is 0.672. The average molecular weight is 125 g/mol. The highest BCUT2D eigenvalue weighted by Gasteiger charge is 2.57. The van der Waals surface area contributed by atoms with Gasteiger partial charge in [-0.3, -0.25) is 4.79 Å². The summed E-state index contributed by atoms with van der Waals surface area (Å²) in [4.78, 5) is 10.3. The second-order valence-electron chi connectivity index (χ2n) is 2.61. The first kappa shape index (κ1) is 6.09. The van der Waals surface area contributed by atoms with E-state index < -0.39 is 11.4 Å². The monoisotopic (exact) mass is 125 g/mol. The lowest BCUT2D eigenvalue weighted by atomic mass is 10.1. The molecule has 0 amide bonds. The van der Waals surface area contributed by atoms with Crippen molar-refractivity contribution < 1.29 is 9.90 Å². The predicted molar refractivity (Wildman–Crippen MR) is 29.5 cm³/mol. The zero-order chi connectivity index (χ0) is 7.07. The summed E-state index contributed by atoms with van der Waals surface area (Å²) in [5.74, 6) is -1.11. The minimum atomic E-state index is -0.853. The Labute approximate surface area is 52.9 Å². The van der Waals surface area contributed by atoms with Crippen molar-refractivity contribution >= 4 is 5.97 Å². The third-order valence-electron chi connectivity index (χ3n) is 1.88. The number of nitrogens with zero attached hydrogens (tertiary/aromatic N) is 1. The van der Waals surface area contributed by atoms with E-state index in [1.54, 1.807) is 6.92 Å². The number of hydrogen-bond acceptors (Lipinski definition) is 2. The topological polar surface area (TPSA) is 61.1 Å². The van der Waals surface area contributed by atoms with Gasteiger partial charge in [0, 0.05) is 0 Å². The Balaban J connectivity index is 2.65. The maximum absolute atomic E-state index is 10.3. The first-order chi connectivity index (χ1) is 4.11. The van der Waals surface area contributed by atoms with E-state index in [1.807, 2.05) is 6.07 Å². The second kappa shape index (κ2) is 1.47. The molecule has 0 aromatic heterocycles. The highest BCUT2D eigenvalue weighted by molar-refractivity contribution is 5.78. The van der Waals surface area contributed by atoms with Crippen molar-refractivity contribution in [1.29, 1.82) is 5.26 Å². The van der Waals surface area contributed by atoms with Crippen molar-refractivity contribution in [1.82, 2.24) is 0 Å². The van der Waals surface area contributed by atoms with Gasteiger partial charge in [-0.15, -0.1) is 0 Å². The fourth-order valence-corrected chi connectivity index (χ4v) is 0.790. The SMILES string of the molecule is CC1(C(=O)O)CC1C#N. The molecule has 3 nitrogen and oxygen atoms in total. The van der Waals surface area contributed by atoms with Crippen LogP contribution in [0.3, 0.4) is 0 Å². The Kier molecular flexibility index (Phi) is 0.995. The van der Waals surface area contributed by atoms with Crippen molar-refractivity contribution in [2.75, 3.05) is 0 Å². The molecule has 1 aliphatic rings. The summed E-state index contributed by atoms with van der Waals surface area (Å²) in [6.45, 7) is 1.60. The molecule has 3 heteroatoms. The van der Waals surface area contributed by atoms with E-state index >= 15 is 0 Å². The van der Waals surface area contributed by atoms with Crippen LogP contribution in [0, 0.1) is 22.7 Å². The maximum atomic E-state index is 10.3. The summed E-state index contributed by atoms with van der Waals surface area (Å²) in [6.07, 6.45) is 0.513. The number of carbonyl (C=O) groups is 1. The molecule has 0 aromatic rings. The van der Waals surface area contributed by atoms with E-state index in [9.17, 15) is 4.79 Å². The summed E-state index contributed by atoms with van der Waals surface area (Å²) in [7, 11) is 0. The van der Waals surface area contributed by atoms with Crippen molar-refractivity contribution in [2.24, 2.45) is 11.3 Å². The molecule has 0 aromatic carbocycles. The van der Waals surface area contributed by atoms with Gasteiger partial charge in [0.1, 0.15) is 0 Å². The van der Waals surface area contributed by atoms with E-state index in [2.05, 4.69) is 0 Å². The minimum absolute atomic E-state index is 0.255. The van der Waals surface area contributed by atoms with Crippen molar-refractivity contribution in [2.45, 2.75) is 13.3 Å².